The maximum absolute atomic E-state index is 12.8. The Bertz CT molecular complexity index is 979. The van der Waals surface area contributed by atoms with Crippen LogP contribution in [0.3, 0.4) is 0 Å². The molecule has 1 aliphatic heterocycles. The number of aromatic nitrogens is 2. The first-order valence-electron chi connectivity index (χ1n) is 9.70. The highest BCUT2D eigenvalue weighted by atomic mass is 79.9. The lowest BCUT2D eigenvalue weighted by Crippen LogP contribution is -2.46. The first kappa shape index (κ1) is 23.2. The van der Waals surface area contributed by atoms with E-state index in [1.165, 1.54) is 12.3 Å². The monoisotopic (exact) mass is 507 g/mol. The number of carbonyl (C=O) groups is 2. The van der Waals surface area contributed by atoms with Crippen LogP contribution in [-0.4, -0.2) is 47.1 Å². The molecule has 2 amide bonds. The van der Waals surface area contributed by atoms with Crippen LogP contribution in [-0.2, 0) is 4.74 Å². The molecule has 2 heterocycles. The van der Waals surface area contributed by atoms with Crippen molar-refractivity contribution in [3.63, 3.8) is 0 Å². The summed E-state index contributed by atoms with van der Waals surface area (Å²) >= 11 is 9.18. The minimum Gasteiger partial charge on any atom is -0.371 e. The second-order valence-electron chi connectivity index (χ2n) is 7.32. The van der Waals surface area contributed by atoms with Gasteiger partial charge in [-0.05, 0) is 55.6 Å². The number of hydrazine groups is 1. The summed E-state index contributed by atoms with van der Waals surface area (Å²) in [6, 6.07) is 6.79. The molecule has 2 N–H and O–H groups in total. The standard InChI is InChI=1S/C21H23BrClN5O3/c1-3-12-31-21(2)7-10-28(11-8-21)17-13-14(22)4-5-15(17)18(29)26-27-19(30)16-6-9-24-20(23)25-16/h3-6,9,13H,1,7-8,10-12H2,2H3,(H,26,29)(H,27,30). The number of amides is 2. The van der Waals surface area contributed by atoms with Crippen LogP contribution in [0.5, 0.6) is 0 Å². The van der Waals surface area contributed by atoms with E-state index in [0.717, 1.165) is 36.1 Å². The van der Waals surface area contributed by atoms with Crippen molar-refractivity contribution < 1.29 is 14.3 Å². The van der Waals surface area contributed by atoms with E-state index in [0.29, 0.717) is 12.2 Å². The number of nitrogens with zero attached hydrogens (tertiary/aromatic N) is 3. The van der Waals surface area contributed by atoms with Gasteiger partial charge in [0.1, 0.15) is 5.69 Å². The summed E-state index contributed by atoms with van der Waals surface area (Å²) in [4.78, 5) is 34.7. The van der Waals surface area contributed by atoms with Gasteiger partial charge in [0.2, 0.25) is 5.28 Å². The fourth-order valence-corrected chi connectivity index (χ4v) is 3.79. The van der Waals surface area contributed by atoms with Crippen LogP contribution in [0.15, 0.2) is 47.6 Å². The number of anilines is 1. The molecule has 0 spiro atoms. The predicted molar refractivity (Wildman–Crippen MR) is 122 cm³/mol. The van der Waals surface area contributed by atoms with Gasteiger partial charge in [-0.25, -0.2) is 9.97 Å². The Labute approximate surface area is 194 Å². The molecule has 0 unspecified atom stereocenters. The number of ether oxygens (including phenoxy) is 1. The van der Waals surface area contributed by atoms with E-state index < -0.39 is 11.8 Å². The first-order chi connectivity index (χ1) is 14.8. The van der Waals surface area contributed by atoms with Crippen LogP contribution in [0.2, 0.25) is 5.28 Å². The van der Waals surface area contributed by atoms with E-state index in [1.54, 1.807) is 18.2 Å². The fourth-order valence-electron chi connectivity index (χ4n) is 3.29. The Kier molecular flexibility index (Phi) is 7.64. The first-order valence-corrected chi connectivity index (χ1v) is 10.9. The number of rotatable bonds is 6. The van der Waals surface area contributed by atoms with Gasteiger partial charge < -0.3 is 9.64 Å². The number of piperidine rings is 1. The number of halogens is 2. The average molecular weight is 509 g/mol. The van der Waals surface area contributed by atoms with E-state index >= 15 is 0 Å². The second kappa shape index (κ2) is 10.2. The van der Waals surface area contributed by atoms with E-state index in [2.05, 4.69) is 55.2 Å². The molecule has 164 valence electrons. The molecule has 2 aromatic rings. The van der Waals surface area contributed by atoms with Crippen molar-refractivity contribution in [2.45, 2.75) is 25.4 Å². The Morgan fingerprint density at radius 1 is 1.29 bits per heavy atom. The summed E-state index contributed by atoms with van der Waals surface area (Å²) in [7, 11) is 0. The zero-order valence-corrected chi connectivity index (χ0v) is 19.4. The molecule has 1 aromatic heterocycles. The van der Waals surface area contributed by atoms with Crippen LogP contribution in [0.1, 0.15) is 40.6 Å². The molecule has 0 atom stereocenters. The van der Waals surface area contributed by atoms with Crippen molar-refractivity contribution >= 4 is 45.0 Å². The van der Waals surface area contributed by atoms with Crippen molar-refractivity contribution in [1.82, 2.24) is 20.8 Å². The lowest BCUT2D eigenvalue weighted by molar-refractivity contribution is -0.0334. The van der Waals surface area contributed by atoms with Gasteiger partial charge in [0.05, 0.1) is 23.5 Å². The number of hydrogen-bond donors (Lipinski definition) is 2. The zero-order valence-electron chi connectivity index (χ0n) is 17.0. The van der Waals surface area contributed by atoms with Crippen molar-refractivity contribution in [3.05, 3.63) is 64.1 Å². The quantitative estimate of drug-likeness (QED) is 0.352. The van der Waals surface area contributed by atoms with Crippen molar-refractivity contribution in [3.8, 4) is 0 Å². The van der Waals surface area contributed by atoms with E-state index in [1.807, 2.05) is 6.07 Å². The van der Waals surface area contributed by atoms with Crippen LogP contribution in [0, 0.1) is 0 Å². The highest BCUT2D eigenvalue weighted by molar-refractivity contribution is 9.10. The molecular formula is C21H23BrClN5O3. The fraction of sp³-hybridized carbons (Fsp3) is 0.333. The predicted octanol–water partition coefficient (Wildman–Crippen LogP) is 3.53. The molecule has 0 bridgehead atoms. The van der Waals surface area contributed by atoms with Gasteiger partial charge in [-0.3, -0.25) is 20.4 Å². The number of benzene rings is 1. The third kappa shape index (κ3) is 6.03. The van der Waals surface area contributed by atoms with Crippen molar-refractivity contribution in [1.29, 1.82) is 0 Å². The summed E-state index contributed by atoms with van der Waals surface area (Å²) < 4.78 is 6.78. The van der Waals surface area contributed by atoms with Crippen LogP contribution >= 0.6 is 27.5 Å². The minimum absolute atomic E-state index is 0.0474. The van der Waals surface area contributed by atoms with Gasteiger partial charge in [-0.2, -0.15) is 0 Å². The number of nitrogens with one attached hydrogen (secondary N) is 2. The van der Waals surface area contributed by atoms with Crippen LogP contribution < -0.4 is 15.8 Å². The Hall–Kier alpha value is -2.49. The maximum Gasteiger partial charge on any atom is 0.288 e. The Balaban J connectivity index is 1.69. The highest BCUT2D eigenvalue weighted by Gasteiger charge is 2.32. The largest absolute Gasteiger partial charge is 0.371 e. The lowest BCUT2D eigenvalue weighted by Gasteiger charge is -2.40. The molecule has 10 heteroatoms. The van der Waals surface area contributed by atoms with Crippen LogP contribution in [0.4, 0.5) is 5.69 Å². The molecule has 0 radical (unpaired) electrons. The smallest absolute Gasteiger partial charge is 0.288 e. The molecule has 0 aliphatic carbocycles. The molecule has 3 rings (SSSR count). The number of carbonyl (C=O) groups excluding carboxylic acids is 2. The molecule has 1 aromatic carbocycles. The van der Waals surface area contributed by atoms with Crippen molar-refractivity contribution in [2.75, 3.05) is 24.6 Å². The highest BCUT2D eigenvalue weighted by Crippen LogP contribution is 2.32. The Morgan fingerprint density at radius 3 is 2.68 bits per heavy atom. The summed E-state index contributed by atoms with van der Waals surface area (Å²) in [5, 5.41) is -0.0525. The van der Waals surface area contributed by atoms with E-state index in [4.69, 9.17) is 16.3 Å². The normalized spacial score (nSPS) is 15.3. The molecule has 1 fully saturated rings. The van der Waals surface area contributed by atoms with Gasteiger partial charge in [0, 0.05) is 23.8 Å². The number of hydrogen-bond acceptors (Lipinski definition) is 6. The zero-order chi connectivity index (χ0) is 22.4. The molecule has 0 saturated carbocycles. The Morgan fingerprint density at radius 2 is 2.00 bits per heavy atom. The summed E-state index contributed by atoms with van der Waals surface area (Å²) in [5.74, 6) is -1.03. The summed E-state index contributed by atoms with van der Waals surface area (Å²) in [6.07, 6.45) is 4.75. The van der Waals surface area contributed by atoms with Gasteiger partial charge in [-0.1, -0.05) is 22.0 Å². The maximum atomic E-state index is 12.8. The molecule has 1 aliphatic rings. The van der Waals surface area contributed by atoms with E-state index in [9.17, 15) is 9.59 Å². The minimum atomic E-state index is -0.593. The third-order valence-electron chi connectivity index (χ3n) is 5.06. The summed E-state index contributed by atoms with van der Waals surface area (Å²) in [6.45, 7) is 7.78. The average Bonchev–Trinajstić information content (AvgIpc) is 2.76. The van der Waals surface area contributed by atoms with E-state index in [-0.39, 0.29) is 16.6 Å². The van der Waals surface area contributed by atoms with Crippen LogP contribution in [0.25, 0.3) is 0 Å². The van der Waals surface area contributed by atoms with Gasteiger partial charge >= 0.3 is 0 Å². The molecule has 31 heavy (non-hydrogen) atoms. The summed E-state index contributed by atoms with van der Waals surface area (Å²) in [5.41, 5.74) is 5.85. The third-order valence-corrected chi connectivity index (χ3v) is 5.74. The lowest BCUT2D eigenvalue weighted by atomic mass is 9.92. The molecule has 8 nitrogen and oxygen atoms in total. The van der Waals surface area contributed by atoms with Gasteiger partial charge in [0.25, 0.3) is 11.8 Å². The second-order valence-corrected chi connectivity index (χ2v) is 8.57. The molecule has 1 saturated heterocycles. The SMILES string of the molecule is C=CCOC1(C)CCN(c2cc(Br)ccc2C(=O)NNC(=O)c2ccnc(Cl)n2)CC1. The molecular weight excluding hydrogens is 486 g/mol. The van der Waals surface area contributed by atoms with Gasteiger partial charge in [-0.15, -0.1) is 6.58 Å². The topological polar surface area (TPSA) is 96.5 Å². The van der Waals surface area contributed by atoms with Gasteiger partial charge in [0.15, 0.2) is 0 Å². The van der Waals surface area contributed by atoms with Crippen molar-refractivity contribution in [2.24, 2.45) is 0 Å².